The normalized spacial score (nSPS) is 23.7. The van der Waals surface area contributed by atoms with Crippen LogP contribution < -0.4 is 15.5 Å². The molecule has 0 aromatic heterocycles. The van der Waals surface area contributed by atoms with Gasteiger partial charge in [-0.25, -0.2) is 0 Å². The first kappa shape index (κ1) is 18.1. The van der Waals surface area contributed by atoms with Gasteiger partial charge in [0.25, 0.3) is 0 Å². The Balaban J connectivity index is 0.00000192. The van der Waals surface area contributed by atoms with Crippen LogP contribution in [0.15, 0.2) is 29.2 Å². The quantitative estimate of drug-likeness (QED) is 0.806. The van der Waals surface area contributed by atoms with Gasteiger partial charge >= 0.3 is 0 Å². The van der Waals surface area contributed by atoms with Gasteiger partial charge < -0.3 is 15.5 Å². The van der Waals surface area contributed by atoms with Crippen LogP contribution in [0.1, 0.15) is 12.8 Å². The van der Waals surface area contributed by atoms with Gasteiger partial charge in [-0.05, 0) is 43.5 Å². The molecule has 0 radical (unpaired) electrons. The van der Waals surface area contributed by atoms with Crippen molar-refractivity contribution in [2.24, 2.45) is 5.92 Å². The number of amides is 2. The summed E-state index contributed by atoms with van der Waals surface area (Å²) in [5.74, 6) is -0.208. The first-order valence-electron chi connectivity index (χ1n) is 7.63. The Labute approximate surface area is 147 Å². The van der Waals surface area contributed by atoms with Gasteiger partial charge in [-0.1, -0.05) is 0 Å². The molecule has 2 amide bonds. The summed E-state index contributed by atoms with van der Waals surface area (Å²) >= 11 is 1.67. The van der Waals surface area contributed by atoms with E-state index in [1.54, 1.807) is 16.7 Å². The van der Waals surface area contributed by atoms with Crippen molar-refractivity contribution in [1.29, 1.82) is 0 Å². The topological polar surface area (TPSA) is 61.4 Å². The highest BCUT2D eigenvalue weighted by Gasteiger charge is 2.35. The van der Waals surface area contributed by atoms with Crippen LogP contribution in [0.5, 0.6) is 0 Å². The second kappa shape index (κ2) is 8.04. The van der Waals surface area contributed by atoms with E-state index in [-0.39, 0.29) is 36.2 Å². The van der Waals surface area contributed by atoms with Crippen molar-refractivity contribution in [3.63, 3.8) is 0 Å². The number of hydrogen-bond donors (Lipinski definition) is 2. The lowest BCUT2D eigenvalue weighted by molar-refractivity contribution is -0.126. The molecule has 2 heterocycles. The Bertz CT molecular complexity index is 561. The molecule has 3 rings (SSSR count). The summed E-state index contributed by atoms with van der Waals surface area (Å²) in [7, 11) is 0. The maximum atomic E-state index is 12.3. The lowest BCUT2D eigenvalue weighted by Gasteiger charge is -2.18. The Morgan fingerprint density at radius 2 is 2.09 bits per heavy atom. The predicted octanol–water partition coefficient (Wildman–Crippen LogP) is 1.66. The zero-order chi connectivity index (χ0) is 15.5. The maximum absolute atomic E-state index is 12.3. The Morgan fingerprint density at radius 1 is 1.35 bits per heavy atom. The molecule has 2 saturated heterocycles. The van der Waals surface area contributed by atoms with Crippen molar-refractivity contribution in [3.8, 4) is 0 Å². The molecule has 1 aromatic rings. The average molecular weight is 356 g/mol. The second-order valence-corrected chi connectivity index (χ2v) is 6.68. The lowest BCUT2D eigenvalue weighted by Crippen LogP contribution is -2.40. The highest BCUT2D eigenvalue weighted by atomic mass is 35.5. The minimum absolute atomic E-state index is 0. The number of halogens is 1. The van der Waals surface area contributed by atoms with E-state index >= 15 is 0 Å². The predicted molar refractivity (Wildman–Crippen MR) is 95.3 cm³/mol. The molecular weight excluding hydrogens is 334 g/mol. The number of benzene rings is 1. The third-order valence-electron chi connectivity index (χ3n) is 4.29. The van der Waals surface area contributed by atoms with E-state index in [1.807, 2.05) is 30.5 Å². The van der Waals surface area contributed by atoms with Gasteiger partial charge in [-0.15, -0.1) is 24.2 Å². The molecule has 2 aliphatic rings. The molecule has 2 N–H and O–H groups in total. The average Bonchev–Trinajstić information content (AvgIpc) is 3.17. The Kier molecular flexibility index (Phi) is 6.33. The summed E-state index contributed by atoms with van der Waals surface area (Å²) in [6.07, 6.45) is 3.29. The van der Waals surface area contributed by atoms with Crippen molar-refractivity contribution in [1.82, 2.24) is 10.6 Å². The van der Waals surface area contributed by atoms with Gasteiger partial charge in [-0.3, -0.25) is 9.59 Å². The molecule has 5 nitrogen and oxygen atoms in total. The molecule has 0 bridgehead atoms. The number of hydrogen-bond acceptors (Lipinski definition) is 4. The van der Waals surface area contributed by atoms with E-state index in [0.29, 0.717) is 13.0 Å². The molecule has 23 heavy (non-hydrogen) atoms. The third-order valence-corrected chi connectivity index (χ3v) is 5.03. The van der Waals surface area contributed by atoms with Gasteiger partial charge in [0, 0.05) is 36.1 Å². The molecule has 0 aliphatic carbocycles. The molecule has 7 heteroatoms. The minimum Gasteiger partial charge on any atom is -0.352 e. The number of nitrogens with zero attached hydrogens (tertiary/aromatic N) is 1. The minimum atomic E-state index is -0.242. The third kappa shape index (κ3) is 4.19. The van der Waals surface area contributed by atoms with Crippen molar-refractivity contribution >= 4 is 41.7 Å². The van der Waals surface area contributed by atoms with Crippen LogP contribution in [-0.2, 0) is 9.59 Å². The zero-order valence-electron chi connectivity index (χ0n) is 13.1. The molecule has 1 aromatic carbocycles. The number of carbonyl (C=O) groups is 2. The van der Waals surface area contributed by atoms with Crippen molar-refractivity contribution in [2.75, 3.05) is 30.8 Å². The molecule has 0 saturated carbocycles. The molecule has 0 spiro atoms. The number of anilines is 1. The van der Waals surface area contributed by atoms with E-state index in [1.165, 1.54) is 4.90 Å². The monoisotopic (exact) mass is 355 g/mol. The van der Waals surface area contributed by atoms with E-state index in [4.69, 9.17) is 0 Å². The number of thioether (sulfide) groups is 1. The van der Waals surface area contributed by atoms with Crippen LogP contribution in [0, 0.1) is 5.92 Å². The highest BCUT2D eigenvalue weighted by Crippen LogP contribution is 2.27. The van der Waals surface area contributed by atoms with Crippen LogP contribution in [0.2, 0.25) is 0 Å². The second-order valence-electron chi connectivity index (χ2n) is 5.80. The first-order chi connectivity index (χ1) is 10.7. The lowest BCUT2D eigenvalue weighted by atomic mass is 10.1. The van der Waals surface area contributed by atoms with Gasteiger partial charge in [-0.2, -0.15) is 0 Å². The van der Waals surface area contributed by atoms with E-state index < -0.39 is 0 Å². The Hall–Kier alpha value is -1.24. The fourth-order valence-corrected chi connectivity index (χ4v) is 3.40. The van der Waals surface area contributed by atoms with Crippen LogP contribution in [0.25, 0.3) is 0 Å². The molecule has 126 valence electrons. The van der Waals surface area contributed by atoms with E-state index in [0.717, 1.165) is 25.2 Å². The van der Waals surface area contributed by atoms with Gasteiger partial charge in [0.1, 0.15) is 0 Å². The summed E-state index contributed by atoms with van der Waals surface area (Å²) in [6, 6.07) is 8.11. The van der Waals surface area contributed by atoms with Crippen molar-refractivity contribution in [2.45, 2.75) is 23.8 Å². The number of rotatable bonds is 4. The zero-order valence-corrected chi connectivity index (χ0v) is 14.7. The smallest absolute Gasteiger partial charge is 0.227 e. The molecule has 2 fully saturated rings. The maximum Gasteiger partial charge on any atom is 0.227 e. The SMILES string of the molecule is CSc1ccc(N2CC(C(=O)NC3CCNC3)CC2=O)cc1.Cl. The summed E-state index contributed by atoms with van der Waals surface area (Å²) in [5, 5.41) is 6.28. The van der Waals surface area contributed by atoms with Crippen molar-refractivity contribution in [3.05, 3.63) is 24.3 Å². The highest BCUT2D eigenvalue weighted by molar-refractivity contribution is 7.98. The standard InChI is InChI=1S/C16H21N3O2S.ClH/c1-22-14-4-2-13(3-5-14)19-10-11(8-15(19)20)16(21)18-12-6-7-17-9-12;/h2-5,11-12,17H,6-10H2,1H3,(H,18,21);1H. The summed E-state index contributed by atoms with van der Waals surface area (Å²) in [5.41, 5.74) is 0.876. The fraction of sp³-hybridized carbons (Fsp3) is 0.500. The van der Waals surface area contributed by atoms with E-state index in [2.05, 4.69) is 10.6 Å². The van der Waals surface area contributed by atoms with Crippen LogP contribution in [0.4, 0.5) is 5.69 Å². The van der Waals surface area contributed by atoms with E-state index in [9.17, 15) is 9.59 Å². The number of carbonyl (C=O) groups excluding carboxylic acids is 2. The molecule has 2 aliphatic heterocycles. The summed E-state index contributed by atoms with van der Waals surface area (Å²) < 4.78 is 0. The van der Waals surface area contributed by atoms with Crippen molar-refractivity contribution < 1.29 is 9.59 Å². The van der Waals surface area contributed by atoms with Crippen LogP contribution in [0.3, 0.4) is 0 Å². The number of nitrogens with one attached hydrogen (secondary N) is 2. The summed E-state index contributed by atoms with van der Waals surface area (Å²) in [4.78, 5) is 27.4. The van der Waals surface area contributed by atoms with Gasteiger partial charge in [0.15, 0.2) is 0 Å². The molecule has 2 unspecified atom stereocenters. The van der Waals surface area contributed by atoms with Gasteiger partial charge in [0.05, 0.1) is 5.92 Å². The fourth-order valence-electron chi connectivity index (χ4n) is 2.99. The van der Waals surface area contributed by atoms with Crippen LogP contribution >= 0.6 is 24.2 Å². The molecular formula is C16H22ClN3O2S. The summed E-state index contributed by atoms with van der Waals surface area (Å²) in [6.45, 7) is 2.25. The largest absolute Gasteiger partial charge is 0.352 e. The van der Waals surface area contributed by atoms with Crippen LogP contribution in [-0.4, -0.2) is 43.7 Å². The first-order valence-corrected chi connectivity index (χ1v) is 8.85. The molecule has 2 atom stereocenters. The van der Waals surface area contributed by atoms with Gasteiger partial charge in [0.2, 0.25) is 11.8 Å². The Morgan fingerprint density at radius 3 is 2.70 bits per heavy atom.